The zero-order valence-corrected chi connectivity index (χ0v) is 14.2. The lowest BCUT2D eigenvalue weighted by Gasteiger charge is -2.34. The first-order valence-corrected chi connectivity index (χ1v) is 9.77. The average Bonchev–Trinajstić information content (AvgIpc) is 3.46. The van der Waals surface area contributed by atoms with Crippen molar-refractivity contribution in [3.63, 3.8) is 0 Å². The van der Waals surface area contributed by atoms with Crippen molar-refractivity contribution < 1.29 is 13.2 Å². The molecule has 126 valence electrons. The Morgan fingerprint density at radius 2 is 1.58 bits per heavy atom. The van der Waals surface area contributed by atoms with E-state index in [4.69, 9.17) is 0 Å². The molecule has 1 saturated carbocycles. The fraction of sp³-hybridized carbons (Fsp3) is 0.389. The van der Waals surface area contributed by atoms with Crippen LogP contribution < -0.4 is 0 Å². The van der Waals surface area contributed by atoms with E-state index in [0.717, 1.165) is 23.6 Å². The second kappa shape index (κ2) is 5.86. The van der Waals surface area contributed by atoms with Gasteiger partial charge < -0.3 is 4.90 Å². The number of carbonyl (C=O) groups excluding carboxylic acids is 1. The van der Waals surface area contributed by atoms with E-state index in [1.165, 1.54) is 4.31 Å². The molecule has 1 amide bonds. The highest BCUT2D eigenvalue weighted by Gasteiger charge is 2.36. The van der Waals surface area contributed by atoms with Crippen LogP contribution in [0.4, 0.5) is 0 Å². The van der Waals surface area contributed by atoms with E-state index in [0.29, 0.717) is 31.1 Å². The van der Waals surface area contributed by atoms with Crippen LogP contribution in [0.1, 0.15) is 12.8 Å². The summed E-state index contributed by atoms with van der Waals surface area (Å²) in [4.78, 5) is 14.2. The molecule has 1 saturated heterocycles. The Balaban J connectivity index is 1.53. The van der Waals surface area contributed by atoms with Crippen molar-refractivity contribution >= 4 is 26.7 Å². The number of nitrogens with zero attached hydrogens (tertiary/aromatic N) is 2. The first-order valence-electron chi connectivity index (χ1n) is 8.33. The van der Waals surface area contributed by atoms with Crippen molar-refractivity contribution in [2.24, 2.45) is 5.92 Å². The van der Waals surface area contributed by atoms with Crippen molar-refractivity contribution in [3.8, 4) is 0 Å². The number of benzene rings is 2. The van der Waals surface area contributed by atoms with Gasteiger partial charge in [-0.05, 0) is 35.7 Å². The van der Waals surface area contributed by atoms with Crippen LogP contribution in [0.3, 0.4) is 0 Å². The Kier molecular flexibility index (Phi) is 3.81. The molecule has 0 bridgehead atoms. The molecule has 1 heterocycles. The minimum atomic E-state index is -3.51. The number of sulfonamides is 1. The van der Waals surface area contributed by atoms with E-state index in [1.54, 1.807) is 12.1 Å². The Hall–Kier alpha value is -1.92. The van der Waals surface area contributed by atoms with Crippen molar-refractivity contribution in [1.82, 2.24) is 9.21 Å². The van der Waals surface area contributed by atoms with Gasteiger partial charge in [0, 0.05) is 32.1 Å². The summed E-state index contributed by atoms with van der Waals surface area (Å²) in [5.41, 5.74) is 0. The SMILES string of the molecule is O=C(C1CC1)N1CCN(S(=O)(=O)c2ccc3ccccc3c2)CC1. The topological polar surface area (TPSA) is 57.7 Å². The smallest absolute Gasteiger partial charge is 0.243 e. The van der Waals surface area contributed by atoms with Gasteiger partial charge in [-0.25, -0.2) is 8.42 Å². The van der Waals surface area contributed by atoms with E-state index < -0.39 is 10.0 Å². The minimum Gasteiger partial charge on any atom is -0.340 e. The molecule has 0 unspecified atom stereocenters. The average molecular weight is 344 g/mol. The minimum absolute atomic E-state index is 0.189. The molecular formula is C18H20N2O3S. The van der Waals surface area contributed by atoms with E-state index in [9.17, 15) is 13.2 Å². The molecule has 2 fully saturated rings. The summed E-state index contributed by atoms with van der Waals surface area (Å²) >= 11 is 0. The van der Waals surface area contributed by atoms with Crippen LogP contribution in [0.2, 0.25) is 0 Å². The fourth-order valence-electron chi connectivity index (χ4n) is 3.21. The van der Waals surface area contributed by atoms with Crippen LogP contribution in [-0.4, -0.2) is 49.7 Å². The number of hydrogen-bond donors (Lipinski definition) is 0. The highest BCUT2D eigenvalue weighted by molar-refractivity contribution is 7.89. The first kappa shape index (κ1) is 15.6. The van der Waals surface area contributed by atoms with Gasteiger partial charge in [-0.2, -0.15) is 4.31 Å². The van der Waals surface area contributed by atoms with E-state index in [2.05, 4.69) is 0 Å². The van der Waals surface area contributed by atoms with Gasteiger partial charge in [-0.15, -0.1) is 0 Å². The van der Waals surface area contributed by atoms with Crippen molar-refractivity contribution in [2.75, 3.05) is 26.2 Å². The summed E-state index contributed by atoms with van der Waals surface area (Å²) in [6.45, 7) is 1.71. The monoisotopic (exact) mass is 344 g/mol. The Labute approximate surface area is 141 Å². The summed E-state index contributed by atoms with van der Waals surface area (Å²) in [5.74, 6) is 0.381. The lowest BCUT2D eigenvalue weighted by molar-refractivity contribution is -0.133. The van der Waals surface area contributed by atoms with Crippen LogP contribution in [-0.2, 0) is 14.8 Å². The summed E-state index contributed by atoms with van der Waals surface area (Å²) in [6, 6.07) is 13.0. The molecular weight excluding hydrogens is 324 g/mol. The number of carbonyl (C=O) groups is 1. The standard InChI is InChI=1S/C18H20N2O3S/c21-18(15-5-6-15)19-9-11-20(12-10-19)24(22,23)17-8-7-14-3-1-2-4-16(14)13-17/h1-4,7-8,13,15H,5-6,9-12H2. The third-order valence-electron chi connectivity index (χ3n) is 4.84. The maximum absolute atomic E-state index is 12.9. The fourth-order valence-corrected chi connectivity index (χ4v) is 4.67. The molecule has 0 spiro atoms. The van der Waals surface area contributed by atoms with Gasteiger partial charge in [0.05, 0.1) is 4.90 Å². The number of rotatable bonds is 3. The number of fused-ring (bicyclic) bond motifs is 1. The Morgan fingerprint density at radius 1 is 0.917 bits per heavy atom. The zero-order chi connectivity index (χ0) is 16.7. The van der Waals surface area contributed by atoms with Crippen LogP contribution in [0.25, 0.3) is 10.8 Å². The molecule has 5 nitrogen and oxygen atoms in total. The number of hydrogen-bond acceptors (Lipinski definition) is 3. The summed E-state index contributed by atoms with van der Waals surface area (Å²) in [7, 11) is -3.51. The van der Waals surface area contributed by atoms with Gasteiger partial charge in [0.1, 0.15) is 0 Å². The molecule has 0 radical (unpaired) electrons. The molecule has 2 aromatic carbocycles. The Morgan fingerprint density at radius 3 is 2.25 bits per heavy atom. The van der Waals surface area contributed by atoms with Crippen LogP contribution >= 0.6 is 0 Å². The van der Waals surface area contributed by atoms with E-state index >= 15 is 0 Å². The van der Waals surface area contributed by atoms with E-state index in [-0.39, 0.29) is 11.8 Å². The molecule has 1 aliphatic carbocycles. The van der Waals surface area contributed by atoms with Crippen molar-refractivity contribution in [2.45, 2.75) is 17.7 Å². The molecule has 6 heteroatoms. The second-order valence-electron chi connectivity index (χ2n) is 6.51. The molecule has 24 heavy (non-hydrogen) atoms. The van der Waals surface area contributed by atoms with Gasteiger partial charge in [0.2, 0.25) is 15.9 Å². The van der Waals surface area contributed by atoms with Gasteiger partial charge in [-0.1, -0.05) is 30.3 Å². The molecule has 4 rings (SSSR count). The molecule has 1 aliphatic heterocycles. The molecule has 2 aromatic rings. The maximum atomic E-state index is 12.9. The summed E-state index contributed by atoms with van der Waals surface area (Å²) in [6.07, 6.45) is 1.96. The number of piperazine rings is 1. The largest absolute Gasteiger partial charge is 0.340 e. The second-order valence-corrected chi connectivity index (χ2v) is 8.45. The molecule has 0 atom stereocenters. The van der Waals surface area contributed by atoms with Crippen molar-refractivity contribution in [1.29, 1.82) is 0 Å². The lowest BCUT2D eigenvalue weighted by Crippen LogP contribution is -2.50. The van der Waals surface area contributed by atoms with Gasteiger partial charge >= 0.3 is 0 Å². The summed E-state index contributed by atoms with van der Waals surface area (Å²) in [5, 5.41) is 1.94. The third kappa shape index (κ3) is 2.80. The quantitative estimate of drug-likeness (QED) is 0.857. The van der Waals surface area contributed by atoms with Crippen LogP contribution in [0, 0.1) is 5.92 Å². The van der Waals surface area contributed by atoms with Gasteiger partial charge in [-0.3, -0.25) is 4.79 Å². The highest BCUT2D eigenvalue weighted by Crippen LogP contribution is 2.31. The number of amides is 1. The zero-order valence-electron chi connectivity index (χ0n) is 13.4. The Bertz CT molecular complexity index is 882. The summed E-state index contributed by atoms with van der Waals surface area (Å²) < 4.78 is 27.2. The van der Waals surface area contributed by atoms with Crippen molar-refractivity contribution in [3.05, 3.63) is 42.5 Å². The van der Waals surface area contributed by atoms with Crippen LogP contribution in [0.15, 0.2) is 47.4 Å². The van der Waals surface area contributed by atoms with E-state index in [1.807, 2.05) is 35.2 Å². The lowest BCUT2D eigenvalue weighted by atomic mass is 10.1. The molecule has 0 N–H and O–H groups in total. The highest BCUT2D eigenvalue weighted by atomic mass is 32.2. The van der Waals surface area contributed by atoms with Gasteiger partial charge in [0.15, 0.2) is 0 Å². The molecule has 2 aliphatic rings. The van der Waals surface area contributed by atoms with Gasteiger partial charge in [0.25, 0.3) is 0 Å². The first-order chi connectivity index (χ1) is 11.6. The predicted octanol–water partition coefficient (Wildman–Crippen LogP) is 2.08. The predicted molar refractivity (Wildman–Crippen MR) is 92.0 cm³/mol. The third-order valence-corrected chi connectivity index (χ3v) is 6.73. The van der Waals surface area contributed by atoms with Crippen LogP contribution in [0.5, 0.6) is 0 Å². The molecule has 0 aromatic heterocycles. The maximum Gasteiger partial charge on any atom is 0.243 e. The normalized spacial score (nSPS) is 19.6.